The van der Waals surface area contributed by atoms with E-state index in [4.69, 9.17) is 9.84 Å². The first-order valence-electron chi connectivity index (χ1n) is 5.80. The molecule has 0 spiro atoms. The Bertz CT molecular complexity index is 465. The van der Waals surface area contributed by atoms with Crippen LogP contribution in [0.2, 0.25) is 0 Å². The summed E-state index contributed by atoms with van der Waals surface area (Å²) in [6, 6.07) is -1.05. The third kappa shape index (κ3) is 5.69. The van der Waals surface area contributed by atoms with Crippen LogP contribution in [-0.2, 0) is 16.0 Å². The van der Waals surface area contributed by atoms with Gasteiger partial charge in [-0.15, -0.1) is 11.3 Å². The molecule has 1 rings (SSSR count). The summed E-state index contributed by atoms with van der Waals surface area (Å²) in [6.07, 6.45) is -0.606. The molecule has 0 aliphatic heterocycles. The molecule has 0 aromatic carbocycles. The number of amides is 1. The molecule has 1 aromatic rings. The van der Waals surface area contributed by atoms with E-state index in [2.05, 4.69) is 10.3 Å². The summed E-state index contributed by atoms with van der Waals surface area (Å²) in [4.78, 5) is 26.8. The fourth-order valence-corrected chi connectivity index (χ4v) is 1.99. The van der Waals surface area contributed by atoms with E-state index in [1.54, 1.807) is 26.2 Å². The first-order valence-corrected chi connectivity index (χ1v) is 6.68. The van der Waals surface area contributed by atoms with E-state index in [0.29, 0.717) is 5.69 Å². The second-order valence-corrected chi connectivity index (χ2v) is 6.16. The van der Waals surface area contributed by atoms with Gasteiger partial charge in [0.25, 0.3) is 0 Å². The number of carbonyl (C=O) groups is 2. The van der Waals surface area contributed by atoms with Gasteiger partial charge in [-0.05, 0) is 27.7 Å². The van der Waals surface area contributed by atoms with Crippen LogP contribution >= 0.6 is 11.3 Å². The Morgan fingerprint density at radius 1 is 1.53 bits per heavy atom. The number of aromatic nitrogens is 1. The van der Waals surface area contributed by atoms with Crippen molar-refractivity contribution in [3.8, 4) is 0 Å². The van der Waals surface area contributed by atoms with Crippen molar-refractivity contribution in [2.45, 2.75) is 45.8 Å². The first kappa shape index (κ1) is 15.4. The lowest BCUT2D eigenvalue weighted by atomic mass is 10.1. The van der Waals surface area contributed by atoms with Gasteiger partial charge in [-0.3, -0.25) is 0 Å². The number of nitrogens with zero attached hydrogens (tertiary/aromatic N) is 1. The summed E-state index contributed by atoms with van der Waals surface area (Å²) in [5, 5.41) is 14.1. The van der Waals surface area contributed by atoms with E-state index in [9.17, 15) is 9.59 Å². The predicted molar refractivity (Wildman–Crippen MR) is 71.3 cm³/mol. The lowest BCUT2D eigenvalue weighted by Crippen LogP contribution is -2.44. The van der Waals surface area contributed by atoms with Crippen molar-refractivity contribution in [3.05, 3.63) is 16.1 Å². The molecule has 1 aromatic heterocycles. The number of carboxylic acid groups (broad SMARTS) is 1. The molecule has 1 heterocycles. The fraction of sp³-hybridized carbons (Fsp3) is 0.583. The Kier molecular flexibility index (Phi) is 4.88. The van der Waals surface area contributed by atoms with Crippen molar-refractivity contribution < 1.29 is 19.4 Å². The van der Waals surface area contributed by atoms with Gasteiger partial charge >= 0.3 is 12.1 Å². The molecular formula is C12H18N2O4S. The van der Waals surface area contributed by atoms with Gasteiger partial charge < -0.3 is 15.2 Å². The van der Waals surface area contributed by atoms with Crippen molar-refractivity contribution >= 4 is 23.4 Å². The Morgan fingerprint density at radius 3 is 2.58 bits per heavy atom. The fourth-order valence-electron chi connectivity index (χ4n) is 1.36. The zero-order valence-electron chi connectivity index (χ0n) is 11.4. The number of hydrogen-bond acceptors (Lipinski definition) is 5. The van der Waals surface area contributed by atoms with E-state index >= 15 is 0 Å². The van der Waals surface area contributed by atoms with E-state index in [1.165, 1.54) is 11.3 Å². The SMILES string of the molecule is Cc1nc(C[C@H](NC(=O)OC(C)(C)C)C(=O)O)cs1. The zero-order chi connectivity index (χ0) is 14.6. The van der Waals surface area contributed by atoms with Crippen molar-refractivity contribution in [1.29, 1.82) is 0 Å². The van der Waals surface area contributed by atoms with Crippen LogP contribution in [0.5, 0.6) is 0 Å². The molecule has 6 nitrogen and oxygen atoms in total. The highest BCUT2D eigenvalue weighted by Crippen LogP contribution is 2.11. The summed E-state index contributed by atoms with van der Waals surface area (Å²) in [5.74, 6) is -1.11. The summed E-state index contributed by atoms with van der Waals surface area (Å²) in [6.45, 7) is 6.98. The van der Waals surface area contributed by atoms with Crippen LogP contribution in [0.25, 0.3) is 0 Å². The molecule has 106 valence electrons. The van der Waals surface area contributed by atoms with Gasteiger partial charge in [0.2, 0.25) is 0 Å². The van der Waals surface area contributed by atoms with Gasteiger partial charge in [0.05, 0.1) is 10.7 Å². The Morgan fingerprint density at radius 2 is 2.16 bits per heavy atom. The van der Waals surface area contributed by atoms with E-state index < -0.39 is 23.7 Å². The molecule has 2 N–H and O–H groups in total. The number of aryl methyl sites for hydroxylation is 1. The van der Waals surface area contributed by atoms with Crippen LogP contribution in [0.1, 0.15) is 31.5 Å². The number of ether oxygens (including phenoxy) is 1. The molecule has 0 unspecified atom stereocenters. The maximum absolute atomic E-state index is 11.6. The highest BCUT2D eigenvalue weighted by Gasteiger charge is 2.24. The zero-order valence-corrected chi connectivity index (χ0v) is 12.2. The maximum atomic E-state index is 11.6. The van der Waals surface area contributed by atoms with Crippen molar-refractivity contribution in [2.75, 3.05) is 0 Å². The largest absolute Gasteiger partial charge is 0.480 e. The number of alkyl carbamates (subject to hydrolysis) is 1. The van der Waals surface area contributed by atoms with Gasteiger partial charge in [0, 0.05) is 11.8 Å². The second-order valence-electron chi connectivity index (χ2n) is 5.10. The van der Waals surface area contributed by atoms with E-state index in [-0.39, 0.29) is 6.42 Å². The molecule has 0 radical (unpaired) electrons. The summed E-state index contributed by atoms with van der Waals surface area (Å²) in [7, 11) is 0. The lowest BCUT2D eigenvalue weighted by molar-refractivity contribution is -0.139. The van der Waals surface area contributed by atoms with Crippen LogP contribution in [-0.4, -0.2) is 33.8 Å². The normalized spacial score (nSPS) is 12.8. The van der Waals surface area contributed by atoms with Crippen molar-refractivity contribution in [2.24, 2.45) is 0 Å². The number of rotatable bonds is 4. The molecule has 0 aliphatic carbocycles. The quantitative estimate of drug-likeness (QED) is 0.883. The molecule has 1 amide bonds. The summed E-state index contributed by atoms with van der Waals surface area (Å²) in [5.41, 5.74) is -0.0179. The number of carboxylic acids is 1. The molecule has 0 saturated carbocycles. The van der Waals surface area contributed by atoms with Gasteiger partial charge in [0.1, 0.15) is 11.6 Å². The van der Waals surface area contributed by atoms with Crippen LogP contribution in [0.15, 0.2) is 5.38 Å². The number of hydrogen-bond donors (Lipinski definition) is 2. The molecule has 0 bridgehead atoms. The number of nitrogens with one attached hydrogen (secondary N) is 1. The summed E-state index contributed by atoms with van der Waals surface area (Å²) < 4.78 is 5.03. The third-order valence-corrected chi connectivity index (χ3v) is 2.89. The molecular weight excluding hydrogens is 268 g/mol. The number of aliphatic carboxylic acids is 1. The highest BCUT2D eigenvalue weighted by atomic mass is 32.1. The number of carbonyl (C=O) groups excluding carboxylic acids is 1. The topological polar surface area (TPSA) is 88.5 Å². The minimum absolute atomic E-state index is 0.138. The molecule has 19 heavy (non-hydrogen) atoms. The van der Waals surface area contributed by atoms with Crippen LogP contribution in [0, 0.1) is 6.92 Å². The van der Waals surface area contributed by atoms with Gasteiger partial charge in [-0.2, -0.15) is 0 Å². The minimum atomic E-state index is -1.11. The van der Waals surface area contributed by atoms with Crippen LogP contribution in [0.3, 0.4) is 0 Å². The smallest absolute Gasteiger partial charge is 0.408 e. The van der Waals surface area contributed by atoms with Crippen LogP contribution < -0.4 is 5.32 Å². The van der Waals surface area contributed by atoms with Crippen LogP contribution in [0.4, 0.5) is 4.79 Å². The Balaban J connectivity index is 2.63. The molecule has 0 fully saturated rings. The van der Waals surface area contributed by atoms with Crippen molar-refractivity contribution in [1.82, 2.24) is 10.3 Å². The van der Waals surface area contributed by atoms with Crippen molar-refractivity contribution in [3.63, 3.8) is 0 Å². The molecule has 1 atom stereocenters. The monoisotopic (exact) mass is 286 g/mol. The van der Waals surface area contributed by atoms with E-state index in [1.807, 2.05) is 6.92 Å². The summed E-state index contributed by atoms with van der Waals surface area (Å²) >= 11 is 1.44. The molecule has 0 aliphatic rings. The average Bonchev–Trinajstić information content (AvgIpc) is 2.60. The Labute approximate surface area is 115 Å². The second kappa shape index (κ2) is 6.01. The highest BCUT2D eigenvalue weighted by molar-refractivity contribution is 7.09. The standard InChI is InChI=1S/C12H18N2O4S/c1-7-13-8(6-19-7)5-9(10(15)16)14-11(17)18-12(2,3)4/h6,9H,5H2,1-4H3,(H,14,17)(H,15,16)/t9-/m0/s1. The van der Waals surface area contributed by atoms with Gasteiger partial charge in [0.15, 0.2) is 0 Å². The van der Waals surface area contributed by atoms with E-state index in [0.717, 1.165) is 5.01 Å². The molecule has 0 saturated heterocycles. The molecule has 7 heteroatoms. The van der Waals surface area contributed by atoms with Gasteiger partial charge in [-0.25, -0.2) is 14.6 Å². The predicted octanol–water partition coefficient (Wildman–Crippen LogP) is 1.97. The first-order chi connectivity index (χ1) is 8.67. The minimum Gasteiger partial charge on any atom is -0.480 e. The third-order valence-electron chi connectivity index (χ3n) is 2.07. The number of thiazole rings is 1. The van der Waals surface area contributed by atoms with Gasteiger partial charge in [-0.1, -0.05) is 0 Å². The average molecular weight is 286 g/mol. The maximum Gasteiger partial charge on any atom is 0.408 e. The Hall–Kier alpha value is -1.63. The lowest BCUT2D eigenvalue weighted by Gasteiger charge is -2.21.